The van der Waals surface area contributed by atoms with Gasteiger partial charge in [-0.15, -0.1) is 0 Å². The number of para-hydroxylation sites is 1. The first-order valence-electron chi connectivity index (χ1n) is 10.1. The van der Waals surface area contributed by atoms with Crippen molar-refractivity contribution in [1.29, 1.82) is 0 Å². The van der Waals surface area contributed by atoms with E-state index < -0.39 is 0 Å². The smallest absolute Gasteiger partial charge is 0.131 e. The zero-order valence-electron chi connectivity index (χ0n) is 16.4. The Kier molecular flexibility index (Phi) is 6.49. The highest BCUT2D eigenvalue weighted by atomic mass is 16.5. The molecule has 138 valence electrons. The average Bonchev–Trinajstić information content (AvgIpc) is 2.69. The minimum Gasteiger partial charge on any atom is -0.490 e. The largest absolute Gasteiger partial charge is 0.490 e. The van der Waals surface area contributed by atoms with Crippen LogP contribution in [0.1, 0.15) is 75.0 Å². The summed E-state index contributed by atoms with van der Waals surface area (Å²) >= 11 is 0. The Morgan fingerprint density at radius 1 is 1.08 bits per heavy atom. The van der Waals surface area contributed by atoms with Crippen LogP contribution in [-0.2, 0) is 0 Å². The minimum absolute atomic E-state index is 0.214. The van der Waals surface area contributed by atoms with Crippen molar-refractivity contribution in [2.24, 2.45) is 4.99 Å². The molecule has 0 spiro atoms. The van der Waals surface area contributed by atoms with E-state index in [1.165, 1.54) is 43.2 Å². The first-order chi connectivity index (χ1) is 12.7. The van der Waals surface area contributed by atoms with Gasteiger partial charge in [0.1, 0.15) is 5.75 Å². The van der Waals surface area contributed by atoms with Gasteiger partial charge in [-0.3, -0.25) is 4.99 Å². The van der Waals surface area contributed by atoms with Crippen LogP contribution in [0.4, 0.5) is 5.69 Å². The molecule has 3 rings (SSSR count). The van der Waals surface area contributed by atoms with E-state index in [-0.39, 0.29) is 6.10 Å². The molecule has 1 unspecified atom stereocenters. The number of aliphatic imine (C=N–C) groups is 1. The van der Waals surface area contributed by atoms with Gasteiger partial charge in [-0.05, 0) is 62.8 Å². The standard InChI is InChI=1S/C24H31NO/c1-4-19(3)26-24-21(17-25-22-15-13-18(2)14-16-22)11-8-12-23(24)20-9-6-5-7-10-20/h8,11-17,19-20H,4-7,9-10H2,1-3H3. The molecule has 0 N–H and O–H groups in total. The second-order valence-electron chi connectivity index (χ2n) is 7.53. The number of benzene rings is 2. The van der Waals surface area contributed by atoms with E-state index in [9.17, 15) is 0 Å². The molecule has 1 aliphatic carbocycles. The van der Waals surface area contributed by atoms with Gasteiger partial charge < -0.3 is 4.74 Å². The number of aryl methyl sites for hydroxylation is 1. The topological polar surface area (TPSA) is 21.6 Å². The molecule has 0 radical (unpaired) electrons. The van der Waals surface area contributed by atoms with E-state index in [1.54, 1.807) is 0 Å². The molecule has 0 aromatic heterocycles. The van der Waals surface area contributed by atoms with Crippen LogP contribution in [0.5, 0.6) is 5.75 Å². The van der Waals surface area contributed by atoms with E-state index in [2.05, 4.69) is 63.2 Å². The first kappa shape index (κ1) is 18.7. The van der Waals surface area contributed by atoms with Crippen LogP contribution >= 0.6 is 0 Å². The Bertz CT molecular complexity index is 726. The summed E-state index contributed by atoms with van der Waals surface area (Å²) in [5, 5.41) is 0. The van der Waals surface area contributed by atoms with Gasteiger partial charge in [0.25, 0.3) is 0 Å². The normalized spacial score (nSPS) is 16.7. The maximum atomic E-state index is 6.40. The monoisotopic (exact) mass is 349 g/mol. The van der Waals surface area contributed by atoms with Gasteiger partial charge in [0.15, 0.2) is 0 Å². The van der Waals surface area contributed by atoms with Crippen molar-refractivity contribution in [1.82, 2.24) is 0 Å². The van der Waals surface area contributed by atoms with Crippen molar-refractivity contribution in [3.05, 3.63) is 59.2 Å². The van der Waals surface area contributed by atoms with Crippen LogP contribution in [0.15, 0.2) is 47.5 Å². The van der Waals surface area contributed by atoms with E-state index in [4.69, 9.17) is 9.73 Å². The van der Waals surface area contributed by atoms with Gasteiger partial charge in [0, 0.05) is 11.8 Å². The van der Waals surface area contributed by atoms with Gasteiger partial charge in [0.2, 0.25) is 0 Å². The number of nitrogens with zero attached hydrogens (tertiary/aromatic N) is 1. The summed E-state index contributed by atoms with van der Waals surface area (Å²) in [6.07, 6.45) is 9.76. The summed E-state index contributed by atoms with van der Waals surface area (Å²) in [6.45, 7) is 6.42. The molecule has 1 atom stereocenters. The van der Waals surface area contributed by atoms with Crippen molar-refractivity contribution >= 4 is 11.9 Å². The molecule has 0 heterocycles. The Morgan fingerprint density at radius 2 is 1.81 bits per heavy atom. The number of ether oxygens (including phenoxy) is 1. The lowest BCUT2D eigenvalue weighted by molar-refractivity contribution is 0.212. The fourth-order valence-electron chi connectivity index (χ4n) is 3.61. The van der Waals surface area contributed by atoms with Crippen LogP contribution < -0.4 is 4.74 Å². The second-order valence-corrected chi connectivity index (χ2v) is 7.53. The molecule has 1 saturated carbocycles. The van der Waals surface area contributed by atoms with Gasteiger partial charge in [0.05, 0.1) is 11.8 Å². The maximum Gasteiger partial charge on any atom is 0.131 e. The summed E-state index contributed by atoms with van der Waals surface area (Å²) in [5.41, 5.74) is 4.70. The quantitative estimate of drug-likeness (QED) is 0.516. The third-order valence-corrected chi connectivity index (χ3v) is 5.40. The first-order valence-corrected chi connectivity index (χ1v) is 10.1. The molecule has 1 aliphatic rings. The molecule has 2 heteroatoms. The minimum atomic E-state index is 0.214. The fraction of sp³-hybridized carbons (Fsp3) is 0.458. The fourth-order valence-corrected chi connectivity index (χ4v) is 3.61. The SMILES string of the molecule is CCC(C)Oc1c(C=Nc2ccc(C)cc2)cccc1C1CCCCC1. The van der Waals surface area contributed by atoms with Crippen LogP contribution in [0.3, 0.4) is 0 Å². The Hall–Kier alpha value is -2.09. The van der Waals surface area contributed by atoms with Gasteiger partial charge in [-0.1, -0.05) is 56.0 Å². The average molecular weight is 350 g/mol. The highest BCUT2D eigenvalue weighted by molar-refractivity contribution is 5.86. The number of hydrogen-bond acceptors (Lipinski definition) is 2. The highest BCUT2D eigenvalue weighted by Crippen LogP contribution is 2.39. The van der Waals surface area contributed by atoms with E-state index in [1.807, 2.05) is 6.21 Å². The van der Waals surface area contributed by atoms with Gasteiger partial charge in [-0.25, -0.2) is 0 Å². The molecular formula is C24H31NO. The van der Waals surface area contributed by atoms with Crippen LogP contribution in [-0.4, -0.2) is 12.3 Å². The molecule has 0 saturated heterocycles. The predicted octanol–water partition coefficient (Wildman–Crippen LogP) is 6.97. The third kappa shape index (κ3) is 4.75. The predicted molar refractivity (Wildman–Crippen MR) is 111 cm³/mol. The van der Waals surface area contributed by atoms with Crippen LogP contribution in [0.2, 0.25) is 0 Å². The van der Waals surface area contributed by atoms with Crippen molar-refractivity contribution < 1.29 is 4.74 Å². The Morgan fingerprint density at radius 3 is 2.50 bits per heavy atom. The zero-order chi connectivity index (χ0) is 18.4. The summed E-state index contributed by atoms with van der Waals surface area (Å²) in [4.78, 5) is 4.69. The summed E-state index contributed by atoms with van der Waals surface area (Å²) < 4.78 is 6.40. The van der Waals surface area contributed by atoms with Gasteiger partial charge >= 0.3 is 0 Å². The second kappa shape index (κ2) is 9.02. The third-order valence-electron chi connectivity index (χ3n) is 5.40. The lowest BCUT2D eigenvalue weighted by Gasteiger charge is -2.26. The molecule has 2 nitrogen and oxygen atoms in total. The summed E-state index contributed by atoms with van der Waals surface area (Å²) in [6, 6.07) is 14.9. The lowest BCUT2D eigenvalue weighted by Crippen LogP contribution is -2.15. The molecule has 0 aliphatic heterocycles. The Balaban J connectivity index is 1.93. The maximum absolute atomic E-state index is 6.40. The molecule has 26 heavy (non-hydrogen) atoms. The van der Waals surface area contributed by atoms with Crippen molar-refractivity contribution in [3.63, 3.8) is 0 Å². The molecule has 0 bridgehead atoms. The van der Waals surface area contributed by atoms with Crippen LogP contribution in [0, 0.1) is 6.92 Å². The van der Waals surface area contributed by atoms with E-state index in [0.717, 1.165) is 23.4 Å². The Labute approximate surface area is 158 Å². The van der Waals surface area contributed by atoms with E-state index in [0.29, 0.717) is 5.92 Å². The highest BCUT2D eigenvalue weighted by Gasteiger charge is 2.21. The molecular weight excluding hydrogens is 318 g/mol. The van der Waals surface area contributed by atoms with Crippen molar-refractivity contribution in [2.75, 3.05) is 0 Å². The molecule has 1 fully saturated rings. The molecule has 0 amide bonds. The van der Waals surface area contributed by atoms with Crippen LogP contribution in [0.25, 0.3) is 0 Å². The summed E-state index contributed by atoms with van der Waals surface area (Å²) in [5.74, 6) is 1.67. The molecule has 2 aromatic carbocycles. The lowest BCUT2D eigenvalue weighted by atomic mass is 9.83. The van der Waals surface area contributed by atoms with Gasteiger partial charge in [-0.2, -0.15) is 0 Å². The van der Waals surface area contributed by atoms with E-state index >= 15 is 0 Å². The number of hydrogen-bond donors (Lipinski definition) is 0. The molecule has 2 aromatic rings. The van der Waals surface area contributed by atoms with Crippen molar-refractivity contribution in [2.45, 2.75) is 71.3 Å². The summed E-state index contributed by atoms with van der Waals surface area (Å²) in [7, 11) is 0. The zero-order valence-corrected chi connectivity index (χ0v) is 16.4. The van der Waals surface area contributed by atoms with Crippen molar-refractivity contribution in [3.8, 4) is 5.75 Å². The number of rotatable bonds is 6.